The second-order valence-electron chi connectivity index (χ2n) is 16.4. The topological polar surface area (TPSA) is 59.1 Å². The van der Waals surface area contributed by atoms with Crippen LogP contribution in [0.25, 0.3) is 55.3 Å². The minimum atomic E-state index is -0.569. The summed E-state index contributed by atoms with van der Waals surface area (Å²) in [4.78, 5) is 10.7. The average molecular weight is 808 g/mol. The van der Waals surface area contributed by atoms with Crippen LogP contribution in [0.1, 0.15) is 45.1 Å². The summed E-state index contributed by atoms with van der Waals surface area (Å²) >= 11 is 0. The molecule has 3 aliphatic rings. The molecule has 1 unspecified atom stereocenters. The third-order valence-corrected chi connectivity index (χ3v) is 13.1. The second kappa shape index (κ2) is 13.9. The maximum atomic E-state index is 7.10. The molecule has 0 saturated heterocycles. The molecule has 0 bridgehead atoms. The molecule has 13 rings (SSSR count). The van der Waals surface area contributed by atoms with Crippen LogP contribution in [0.3, 0.4) is 0 Å². The highest BCUT2D eigenvalue weighted by Crippen LogP contribution is 2.63. The number of nitrogens with one attached hydrogen (secondary N) is 1. The number of amidine groups is 2. The molecule has 63 heavy (non-hydrogen) atoms. The zero-order chi connectivity index (χ0) is 41.5. The third kappa shape index (κ3) is 5.30. The molecule has 0 fully saturated rings. The zero-order valence-corrected chi connectivity index (χ0v) is 34.0. The van der Waals surface area contributed by atoms with E-state index < -0.39 is 11.6 Å². The number of hydrogen-bond donors (Lipinski definition) is 1. The van der Waals surface area contributed by atoms with Gasteiger partial charge in [-0.15, -0.1) is 0 Å². The van der Waals surface area contributed by atoms with Crippen LogP contribution in [0.4, 0.5) is 0 Å². The number of fused-ring (bicyclic) bond motifs is 12. The normalized spacial score (nSPS) is 15.4. The van der Waals surface area contributed by atoms with Gasteiger partial charge in [-0.2, -0.15) is 0 Å². The van der Waals surface area contributed by atoms with Crippen LogP contribution < -0.4 is 10.1 Å². The van der Waals surface area contributed by atoms with E-state index in [9.17, 15) is 0 Å². The molecule has 1 spiro atoms. The highest BCUT2D eigenvalue weighted by Gasteiger charge is 2.51. The van der Waals surface area contributed by atoms with Gasteiger partial charge >= 0.3 is 0 Å². The first-order chi connectivity index (χ1) is 31.2. The lowest BCUT2D eigenvalue weighted by Gasteiger charge is -2.40. The van der Waals surface area contributed by atoms with E-state index in [2.05, 4.69) is 187 Å². The summed E-state index contributed by atoms with van der Waals surface area (Å²) in [7, 11) is 0. The highest BCUT2D eigenvalue weighted by molar-refractivity contribution is 6.15. The van der Waals surface area contributed by atoms with Crippen LogP contribution in [-0.2, 0) is 5.41 Å². The van der Waals surface area contributed by atoms with E-state index >= 15 is 0 Å². The lowest BCUT2D eigenvalue weighted by Crippen LogP contribution is -2.33. The smallest absolute Gasteiger partial charge is 0.160 e. The van der Waals surface area contributed by atoms with Crippen molar-refractivity contribution in [1.29, 1.82) is 0 Å². The van der Waals surface area contributed by atoms with Gasteiger partial charge in [-0.3, -0.25) is 0 Å². The summed E-state index contributed by atoms with van der Waals surface area (Å²) in [5, 5.41) is 5.91. The Kier molecular flexibility index (Phi) is 7.81. The van der Waals surface area contributed by atoms with Crippen molar-refractivity contribution in [3.8, 4) is 44.9 Å². The van der Waals surface area contributed by atoms with Crippen LogP contribution in [0, 0.1) is 0 Å². The van der Waals surface area contributed by atoms with Crippen molar-refractivity contribution in [3.63, 3.8) is 0 Å². The molecule has 10 aromatic rings. The molecule has 5 nitrogen and oxygen atoms in total. The van der Waals surface area contributed by atoms with Crippen LogP contribution >= 0.6 is 0 Å². The van der Waals surface area contributed by atoms with Crippen molar-refractivity contribution in [2.75, 3.05) is 0 Å². The monoisotopic (exact) mass is 807 g/mol. The SMILES string of the molecule is c1ccc(C2=NC(c3ccccc3-c3cccc4c3Oc3ccccc3C43c4ccccc4-c4ccccc43)=NC(c3ccc(-c4cccc5c4oc4ccccc45)cc3)N2)cc1. The van der Waals surface area contributed by atoms with Gasteiger partial charge in [0.1, 0.15) is 34.7 Å². The van der Waals surface area contributed by atoms with Gasteiger partial charge in [0.15, 0.2) is 5.84 Å². The van der Waals surface area contributed by atoms with Gasteiger partial charge in [0, 0.05) is 44.2 Å². The highest BCUT2D eigenvalue weighted by atomic mass is 16.5. The molecule has 5 heteroatoms. The van der Waals surface area contributed by atoms with E-state index in [1.54, 1.807) is 0 Å². The number of para-hydroxylation sites is 4. The van der Waals surface area contributed by atoms with Crippen LogP contribution in [0.2, 0.25) is 0 Å². The fourth-order valence-corrected chi connectivity index (χ4v) is 10.3. The Morgan fingerprint density at radius 1 is 0.429 bits per heavy atom. The van der Waals surface area contributed by atoms with E-state index in [0.717, 1.165) is 89.3 Å². The Morgan fingerprint density at radius 2 is 1.02 bits per heavy atom. The summed E-state index contributed by atoms with van der Waals surface area (Å²) in [6.45, 7) is 0. The van der Waals surface area contributed by atoms with Crippen molar-refractivity contribution in [2.24, 2.45) is 9.98 Å². The minimum Gasteiger partial charge on any atom is -0.456 e. The van der Waals surface area contributed by atoms with Crippen molar-refractivity contribution < 1.29 is 9.15 Å². The van der Waals surface area contributed by atoms with E-state index in [0.29, 0.717) is 5.84 Å². The first-order valence-electron chi connectivity index (χ1n) is 21.4. The lowest BCUT2D eigenvalue weighted by atomic mass is 9.65. The summed E-state index contributed by atoms with van der Waals surface area (Å²) in [6, 6.07) is 74.8. The largest absolute Gasteiger partial charge is 0.456 e. The van der Waals surface area contributed by atoms with E-state index in [-0.39, 0.29) is 0 Å². The van der Waals surface area contributed by atoms with Gasteiger partial charge < -0.3 is 14.5 Å². The zero-order valence-electron chi connectivity index (χ0n) is 34.0. The molecule has 1 aromatic heterocycles. The van der Waals surface area contributed by atoms with Crippen LogP contribution in [-0.4, -0.2) is 11.7 Å². The van der Waals surface area contributed by atoms with Gasteiger partial charge in [-0.05, 0) is 51.1 Å². The van der Waals surface area contributed by atoms with E-state index in [1.165, 1.54) is 22.3 Å². The minimum absolute atomic E-state index is 0.403. The summed E-state index contributed by atoms with van der Waals surface area (Å²) in [5.74, 6) is 3.09. The molecular formula is C58H37N3O2. The molecule has 1 atom stereocenters. The average Bonchev–Trinajstić information content (AvgIpc) is 3.88. The first kappa shape index (κ1) is 35.5. The second-order valence-corrected chi connectivity index (χ2v) is 16.4. The molecule has 9 aromatic carbocycles. The van der Waals surface area contributed by atoms with Crippen molar-refractivity contribution >= 4 is 33.6 Å². The molecule has 1 aliphatic carbocycles. The molecule has 296 valence electrons. The van der Waals surface area contributed by atoms with Gasteiger partial charge in [-0.1, -0.05) is 200 Å². The molecule has 0 radical (unpaired) electrons. The quantitative estimate of drug-likeness (QED) is 0.188. The number of rotatable bonds is 5. The number of furan rings is 1. The fourth-order valence-electron chi connectivity index (χ4n) is 10.3. The Bertz CT molecular complexity index is 3480. The van der Waals surface area contributed by atoms with Crippen LogP contribution in [0.5, 0.6) is 11.5 Å². The van der Waals surface area contributed by atoms with Crippen molar-refractivity contribution in [1.82, 2.24) is 5.32 Å². The Hall–Kier alpha value is -8.28. The van der Waals surface area contributed by atoms with Gasteiger partial charge in [0.2, 0.25) is 0 Å². The summed E-state index contributed by atoms with van der Waals surface area (Å²) in [5.41, 5.74) is 15.5. The Balaban J connectivity index is 0.958. The summed E-state index contributed by atoms with van der Waals surface area (Å²) < 4.78 is 13.5. The molecular weight excluding hydrogens is 771 g/mol. The number of aliphatic imine (C=N–C) groups is 2. The van der Waals surface area contributed by atoms with Gasteiger partial charge in [-0.25, -0.2) is 9.98 Å². The van der Waals surface area contributed by atoms with Gasteiger partial charge in [0.05, 0.1) is 5.41 Å². The standard InChI is InChI=1S/C58H37N3O2/c1-2-16-37(17-3-1)55-59-56(38-34-32-36(33-35-38)39-23-14-24-45-43-21-8-12-30-51(43)62-53(39)45)61-57(60-55)46-22-5-4-18-40(46)44-25-15-29-50-54(44)63-52-31-13-11-28-49(52)58(50)47-26-9-6-19-41(47)42-20-7-10-27-48(42)58/h1-35,56H,(H,59,60,61). The number of ether oxygens (including phenoxy) is 1. The molecule has 1 N–H and O–H groups in total. The predicted octanol–water partition coefficient (Wildman–Crippen LogP) is 13.9. The van der Waals surface area contributed by atoms with Gasteiger partial charge in [0.25, 0.3) is 0 Å². The number of benzene rings is 9. The molecule has 3 heterocycles. The van der Waals surface area contributed by atoms with E-state index in [1.807, 2.05) is 30.3 Å². The maximum Gasteiger partial charge on any atom is 0.160 e. The molecule has 0 amide bonds. The van der Waals surface area contributed by atoms with E-state index in [4.69, 9.17) is 19.1 Å². The van der Waals surface area contributed by atoms with Crippen molar-refractivity contribution in [3.05, 3.63) is 251 Å². The fraction of sp³-hybridized carbons (Fsp3) is 0.0345. The Labute approximate surface area is 364 Å². The first-order valence-corrected chi connectivity index (χ1v) is 21.4. The maximum absolute atomic E-state index is 7.10. The van der Waals surface area contributed by atoms with Crippen LogP contribution in [0.15, 0.2) is 227 Å². The number of nitrogens with zero attached hydrogens (tertiary/aromatic N) is 2. The summed E-state index contributed by atoms with van der Waals surface area (Å²) in [6.07, 6.45) is -0.403. The predicted molar refractivity (Wildman–Crippen MR) is 254 cm³/mol. The molecule has 0 saturated carbocycles. The number of hydrogen-bond acceptors (Lipinski definition) is 5. The lowest BCUT2D eigenvalue weighted by molar-refractivity contribution is 0.438. The molecule has 2 aliphatic heterocycles. The Morgan fingerprint density at radius 3 is 1.81 bits per heavy atom. The van der Waals surface area contributed by atoms with Crippen molar-refractivity contribution in [2.45, 2.75) is 11.6 Å². The third-order valence-electron chi connectivity index (χ3n) is 13.1.